The van der Waals surface area contributed by atoms with Crippen LogP contribution in [0.3, 0.4) is 0 Å². The Balaban J connectivity index is 1.47. The number of carbonyl (C=O) groups excluding carboxylic acids is 2. The number of piperidine rings is 1. The molecule has 0 aliphatic carbocycles. The summed E-state index contributed by atoms with van der Waals surface area (Å²) in [6, 6.07) is 13.1. The fraction of sp³-hybridized carbons (Fsp3) is 0.360. The Bertz CT molecular complexity index is 980. The number of allylic oxidation sites excluding steroid dienone is 1. The van der Waals surface area contributed by atoms with Crippen LogP contribution in [-0.4, -0.2) is 43.0 Å². The molecule has 1 N–H and O–H groups in total. The first-order chi connectivity index (χ1) is 15.1. The molecule has 1 spiro atoms. The summed E-state index contributed by atoms with van der Waals surface area (Å²) >= 11 is 0. The Morgan fingerprint density at radius 1 is 1.06 bits per heavy atom. The highest BCUT2D eigenvalue weighted by Crippen LogP contribution is 2.36. The maximum absolute atomic E-state index is 13.5. The predicted molar refractivity (Wildman–Crippen MR) is 117 cm³/mol. The van der Waals surface area contributed by atoms with Crippen molar-refractivity contribution >= 4 is 11.8 Å². The summed E-state index contributed by atoms with van der Waals surface area (Å²) in [5.41, 5.74) is 0.806. The minimum atomic E-state index is -0.407. The highest BCUT2D eigenvalue weighted by molar-refractivity contribution is 5.97. The first kappa shape index (κ1) is 21.1. The summed E-state index contributed by atoms with van der Waals surface area (Å²) < 4.78 is 19.3. The lowest BCUT2D eigenvalue weighted by molar-refractivity contribution is 0.0565. The number of amides is 2. The largest absolute Gasteiger partial charge is 0.492 e. The number of halogens is 1. The van der Waals surface area contributed by atoms with E-state index in [1.165, 1.54) is 12.1 Å². The Morgan fingerprint density at radius 2 is 1.87 bits per heavy atom. The van der Waals surface area contributed by atoms with Crippen LogP contribution in [0, 0.1) is 11.2 Å². The van der Waals surface area contributed by atoms with Gasteiger partial charge in [0.15, 0.2) is 0 Å². The normalized spacial score (nSPS) is 19.9. The monoisotopic (exact) mass is 422 g/mol. The van der Waals surface area contributed by atoms with Gasteiger partial charge in [-0.05, 0) is 61.4 Å². The first-order valence-electron chi connectivity index (χ1n) is 10.8. The smallest absolute Gasteiger partial charge is 0.255 e. The third-order valence-corrected chi connectivity index (χ3v) is 6.20. The van der Waals surface area contributed by atoms with E-state index in [0.29, 0.717) is 43.1 Å². The topological polar surface area (TPSA) is 58.6 Å². The summed E-state index contributed by atoms with van der Waals surface area (Å²) in [5, 5.41) is 3.09. The molecular formula is C25H27FN2O3. The van der Waals surface area contributed by atoms with Gasteiger partial charge in [0.05, 0.1) is 12.2 Å². The van der Waals surface area contributed by atoms with Gasteiger partial charge in [0, 0.05) is 25.2 Å². The van der Waals surface area contributed by atoms with Gasteiger partial charge >= 0.3 is 0 Å². The molecule has 2 aliphatic rings. The number of benzene rings is 2. The summed E-state index contributed by atoms with van der Waals surface area (Å²) in [6.07, 6.45) is 7.44. The molecule has 2 amide bonds. The third-order valence-electron chi connectivity index (χ3n) is 6.20. The molecule has 0 atom stereocenters. The molecule has 5 nitrogen and oxygen atoms in total. The van der Waals surface area contributed by atoms with Crippen molar-refractivity contribution in [1.29, 1.82) is 0 Å². The van der Waals surface area contributed by atoms with E-state index >= 15 is 0 Å². The van der Waals surface area contributed by atoms with Crippen molar-refractivity contribution in [3.05, 3.63) is 77.6 Å². The number of para-hydroxylation sites is 1. The number of fused-ring (bicyclic) bond motifs is 1. The maximum Gasteiger partial charge on any atom is 0.255 e. The first-order valence-corrected chi connectivity index (χ1v) is 10.8. The third kappa shape index (κ3) is 4.95. The summed E-state index contributed by atoms with van der Waals surface area (Å²) in [5.74, 6) is -0.0970. The van der Waals surface area contributed by atoms with Crippen LogP contribution in [0.5, 0.6) is 5.75 Å². The molecule has 31 heavy (non-hydrogen) atoms. The minimum Gasteiger partial charge on any atom is -0.492 e. The number of nitrogens with zero attached hydrogens (tertiary/aromatic N) is 1. The van der Waals surface area contributed by atoms with Crippen molar-refractivity contribution in [2.75, 3.05) is 26.2 Å². The number of likely N-dealkylation sites (tertiary alicyclic amines) is 1. The zero-order chi connectivity index (χ0) is 21.7. The van der Waals surface area contributed by atoms with Gasteiger partial charge in [-0.15, -0.1) is 0 Å². The van der Waals surface area contributed by atoms with E-state index in [9.17, 15) is 14.0 Å². The molecule has 6 heteroatoms. The van der Waals surface area contributed by atoms with Crippen molar-refractivity contribution in [3.8, 4) is 5.75 Å². The van der Waals surface area contributed by atoms with Gasteiger partial charge in [0.25, 0.3) is 11.8 Å². The number of rotatable bonds is 1. The van der Waals surface area contributed by atoms with Crippen molar-refractivity contribution in [3.63, 3.8) is 0 Å². The average Bonchev–Trinajstić information content (AvgIpc) is 2.79. The van der Waals surface area contributed by atoms with Gasteiger partial charge in [0.1, 0.15) is 11.6 Å². The van der Waals surface area contributed by atoms with Gasteiger partial charge in [-0.2, -0.15) is 0 Å². The molecule has 0 aromatic heterocycles. The number of hydrogen-bond acceptors (Lipinski definition) is 3. The van der Waals surface area contributed by atoms with E-state index in [4.69, 9.17) is 4.74 Å². The zero-order valence-corrected chi connectivity index (χ0v) is 17.5. The SMILES string of the molecule is O=C1NCC2(C/C=C/CCOc3ccccc31)CCN(C(=O)c1cccc(F)c1)CC2. The lowest BCUT2D eigenvalue weighted by atomic mass is 9.75. The lowest BCUT2D eigenvalue weighted by Crippen LogP contribution is -2.47. The molecule has 0 bridgehead atoms. The van der Waals surface area contributed by atoms with E-state index in [2.05, 4.69) is 17.5 Å². The highest BCUT2D eigenvalue weighted by Gasteiger charge is 2.36. The zero-order valence-electron chi connectivity index (χ0n) is 17.5. The predicted octanol–water partition coefficient (Wildman–Crippen LogP) is 4.21. The van der Waals surface area contributed by atoms with Gasteiger partial charge in [-0.1, -0.05) is 30.4 Å². The summed E-state index contributed by atoms with van der Waals surface area (Å²) in [7, 11) is 0. The molecule has 1 fully saturated rings. The van der Waals surface area contributed by atoms with Crippen LogP contribution in [0.25, 0.3) is 0 Å². The average molecular weight is 423 g/mol. The van der Waals surface area contributed by atoms with Crippen LogP contribution >= 0.6 is 0 Å². The number of ether oxygens (including phenoxy) is 1. The molecule has 0 radical (unpaired) electrons. The maximum atomic E-state index is 13.5. The molecule has 2 aliphatic heterocycles. The molecule has 0 saturated carbocycles. The van der Waals surface area contributed by atoms with E-state index < -0.39 is 5.82 Å². The van der Waals surface area contributed by atoms with Crippen molar-refractivity contribution < 1.29 is 18.7 Å². The van der Waals surface area contributed by atoms with E-state index in [0.717, 1.165) is 25.7 Å². The second-order valence-corrected chi connectivity index (χ2v) is 8.29. The Kier molecular flexibility index (Phi) is 6.35. The fourth-order valence-corrected chi connectivity index (χ4v) is 4.27. The fourth-order valence-electron chi connectivity index (χ4n) is 4.27. The van der Waals surface area contributed by atoms with Crippen molar-refractivity contribution in [2.24, 2.45) is 5.41 Å². The lowest BCUT2D eigenvalue weighted by Gasteiger charge is -2.41. The molecule has 0 unspecified atom stereocenters. The van der Waals surface area contributed by atoms with E-state index in [1.807, 2.05) is 18.2 Å². The second-order valence-electron chi connectivity index (χ2n) is 8.29. The molecule has 162 valence electrons. The Labute approximate surface area is 181 Å². The van der Waals surface area contributed by atoms with Crippen LogP contribution in [-0.2, 0) is 0 Å². The van der Waals surface area contributed by atoms with Crippen molar-refractivity contribution in [2.45, 2.75) is 25.7 Å². The summed E-state index contributed by atoms with van der Waals surface area (Å²) in [6.45, 7) is 2.22. The molecule has 2 heterocycles. The van der Waals surface area contributed by atoms with Gasteiger partial charge in [-0.3, -0.25) is 9.59 Å². The van der Waals surface area contributed by atoms with Gasteiger partial charge < -0.3 is 15.0 Å². The number of carbonyl (C=O) groups is 2. The minimum absolute atomic E-state index is 0.111. The van der Waals surface area contributed by atoms with Crippen LogP contribution in [0.15, 0.2) is 60.7 Å². The Hall–Kier alpha value is -3.15. The quantitative estimate of drug-likeness (QED) is 0.701. The van der Waals surface area contributed by atoms with Crippen molar-refractivity contribution in [1.82, 2.24) is 10.2 Å². The van der Waals surface area contributed by atoms with Crippen LogP contribution in [0.2, 0.25) is 0 Å². The number of hydrogen-bond donors (Lipinski definition) is 1. The molecule has 1 saturated heterocycles. The van der Waals surface area contributed by atoms with Crippen LogP contribution in [0.1, 0.15) is 46.4 Å². The van der Waals surface area contributed by atoms with Gasteiger partial charge in [-0.25, -0.2) is 4.39 Å². The number of nitrogens with one attached hydrogen (secondary N) is 1. The Morgan fingerprint density at radius 3 is 2.68 bits per heavy atom. The van der Waals surface area contributed by atoms with E-state index in [1.54, 1.807) is 23.1 Å². The standard InChI is InChI=1S/C25H27FN2O3/c26-20-8-6-7-19(17-20)24(30)28-14-12-25(13-15-28)11-4-1-5-16-31-22-10-3-2-9-21(22)23(29)27-18-25/h1-4,6-10,17H,5,11-16,18H2,(H,27,29)/b4-1+. The van der Waals surface area contributed by atoms with Crippen LogP contribution < -0.4 is 10.1 Å². The molecular weight excluding hydrogens is 395 g/mol. The summed E-state index contributed by atoms with van der Waals surface area (Å²) in [4.78, 5) is 27.4. The highest BCUT2D eigenvalue weighted by atomic mass is 19.1. The molecule has 4 rings (SSSR count). The second kappa shape index (κ2) is 9.33. The molecule has 2 aromatic rings. The van der Waals surface area contributed by atoms with Gasteiger partial charge in [0.2, 0.25) is 0 Å². The van der Waals surface area contributed by atoms with E-state index in [-0.39, 0.29) is 17.2 Å². The van der Waals surface area contributed by atoms with Crippen LogP contribution in [0.4, 0.5) is 4.39 Å². The molecule has 2 aromatic carbocycles.